The van der Waals surface area contributed by atoms with Crippen LogP contribution >= 0.6 is 0 Å². The number of hydrogen-bond donors (Lipinski definition) is 3. The SMILES string of the molecule is NC(=O)CNC(=O)CC1(N)CCCC1. The van der Waals surface area contributed by atoms with Crippen molar-refractivity contribution >= 4 is 11.8 Å². The topological polar surface area (TPSA) is 98.2 Å². The summed E-state index contributed by atoms with van der Waals surface area (Å²) in [5, 5.41) is 2.44. The summed E-state index contributed by atoms with van der Waals surface area (Å²) in [6.07, 6.45) is 4.23. The first-order valence-corrected chi connectivity index (χ1v) is 4.86. The molecule has 0 saturated heterocycles. The summed E-state index contributed by atoms with van der Waals surface area (Å²) < 4.78 is 0. The van der Waals surface area contributed by atoms with E-state index in [2.05, 4.69) is 5.32 Å². The highest BCUT2D eigenvalue weighted by Gasteiger charge is 2.31. The summed E-state index contributed by atoms with van der Waals surface area (Å²) >= 11 is 0. The smallest absolute Gasteiger partial charge is 0.236 e. The normalized spacial score (nSPS) is 19.2. The molecule has 0 unspecified atom stereocenters. The van der Waals surface area contributed by atoms with Crippen molar-refractivity contribution in [3.63, 3.8) is 0 Å². The molecule has 1 rings (SSSR count). The predicted molar refractivity (Wildman–Crippen MR) is 52.2 cm³/mol. The van der Waals surface area contributed by atoms with E-state index in [4.69, 9.17) is 11.5 Å². The van der Waals surface area contributed by atoms with E-state index in [-0.39, 0.29) is 18.0 Å². The molecule has 5 N–H and O–H groups in total. The Morgan fingerprint density at radius 2 is 1.86 bits per heavy atom. The highest BCUT2D eigenvalue weighted by atomic mass is 16.2. The van der Waals surface area contributed by atoms with Crippen molar-refractivity contribution in [3.05, 3.63) is 0 Å². The van der Waals surface area contributed by atoms with Gasteiger partial charge in [-0.2, -0.15) is 0 Å². The lowest BCUT2D eigenvalue weighted by atomic mass is 9.94. The van der Waals surface area contributed by atoms with Gasteiger partial charge in [0.05, 0.1) is 6.54 Å². The molecule has 14 heavy (non-hydrogen) atoms. The van der Waals surface area contributed by atoms with Crippen LogP contribution in [0.1, 0.15) is 32.1 Å². The van der Waals surface area contributed by atoms with Crippen LogP contribution in [0.15, 0.2) is 0 Å². The second-order valence-corrected chi connectivity index (χ2v) is 3.99. The van der Waals surface area contributed by atoms with Gasteiger partial charge >= 0.3 is 0 Å². The molecule has 1 aliphatic carbocycles. The fraction of sp³-hybridized carbons (Fsp3) is 0.778. The summed E-state index contributed by atoms with van der Waals surface area (Å²) in [5.74, 6) is -0.718. The lowest BCUT2D eigenvalue weighted by Gasteiger charge is -2.22. The van der Waals surface area contributed by atoms with Crippen LogP contribution in [0.25, 0.3) is 0 Å². The van der Waals surface area contributed by atoms with Crippen molar-refractivity contribution in [1.82, 2.24) is 5.32 Å². The second-order valence-electron chi connectivity index (χ2n) is 3.99. The van der Waals surface area contributed by atoms with E-state index >= 15 is 0 Å². The summed E-state index contributed by atoms with van der Waals surface area (Å²) in [5.41, 5.74) is 10.5. The third-order valence-electron chi connectivity index (χ3n) is 2.57. The fourth-order valence-electron chi connectivity index (χ4n) is 1.82. The molecule has 1 fully saturated rings. The van der Waals surface area contributed by atoms with Gasteiger partial charge in [0.2, 0.25) is 11.8 Å². The van der Waals surface area contributed by atoms with Crippen LogP contribution in [0.3, 0.4) is 0 Å². The van der Waals surface area contributed by atoms with E-state index in [0.717, 1.165) is 25.7 Å². The monoisotopic (exact) mass is 199 g/mol. The minimum atomic E-state index is -0.532. The molecule has 0 aliphatic heterocycles. The van der Waals surface area contributed by atoms with Gasteiger partial charge in [-0.15, -0.1) is 0 Å². The van der Waals surface area contributed by atoms with Crippen LogP contribution in [-0.2, 0) is 9.59 Å². The van der Waals surface area contributed by atoms with Crippen LogP contribution in [0.5, 0.6) is 0 Å². The maximum atomic E-state index is 11.3. The summed E-state index contributed by atoms with van der Waals surface area (Å²) in [6.45, 7) is -0.102. The molecule has 0 bridgehead atoms. The number of nitrogens with two attached hydrogens (primary N) is 2. The van der Waals surface area contributed by atoms with Gasteiger partial charge in [0, 0.05) is 12.0 Å². The molecular weight excluding hydrogens is 182 g/mol. The van der Waals surface area contributed by atoms with E-state index in [1.54, 1.807) is 0 Å². The van der Waals surface area contributed by atoms with Crippen LogP contribution in [0, 0.1) is 0 Å². The Bertz CT molecular complexity index is 234. The zero-order chi connectivity index (χ0) is 10.6. The van der Waals surface area contributed by atoms with E-state index < -0.39 is 5.91 Å². The molecule has 1 saturated carbocycles. The van der Waals surface area contributed by atoms with E-state index in [9.17, 15) is 9.59 Å². The Labute approximate surface area is 83.2 Å². The second kappa shape index (κ2) is 4.41. The largest absolute Gasteiger partial charge is 0.368 e. The summed E-state index contributed by atoms with van der Waals surface area (Å²) in [6, 6.07) is 0. The number of rotatable bonds is 4. The van der Waals surface area contributed by atoms with E-state index in [1.165, 1.54) is 0 Å². The summed E-state index contributed by atoms with van der Waals surface area (Å²) in [7, 11) is 0. The first-order valence-electron chi connectivity index (χ1n) is 4.86. The average Bonchev–Trinajstić information content (AvgIpc) is 2.48. The quantitative estimate of drug-likeness (QED) is 0.555. The first-order chi connectivity index (χ1) is 6.52. The van der Waals surface area contributed by atoms with Crippen LogP contribution in [-0.4, -0.2) is 23.9 Å². The van der Waals surface area contributed by atoms with Crippen molar-refractivity contribution in [2.45, 2.75) is 37.6 Å². The van der Waals surface area contributed by atoms with E-state index in [0.29, 0.717) is 6.42 Å². The van der Waals surface area contributed by atoms with Crippen molar-refractivity contribution in [1.29, 1.82) is 0 Å². The van der Waals surface area contributed by atoms with Crippen LogP contribution in [0.4, 0.5) is 0 Å². The van der Waals surface area contributed by atoms with Gasteiger partial charge in [-0.1, -0.05) is 12.8 Å². The minimum absolute atomic E-state index is 0.102. The van der Waals surface area contributed by atoms with Gasteiger partial charge in [0.15, 0.2) is 0 Å². The van der Waals surface area contributed by atoms with Gasteiger partial charge < -0.3 is 16.8 Å². The minimum Gasteiger partial charge on any atom is -0.368 e. The first kappa shape index (κ1) is 11.0. The lowest BCUT2D eigenvalue weighted by molar-refractivity contribution is -0.125. The Hall–Kier alpha value is -1.10. The third-order valence-corrected chi connectivity index (χ3v) is 2.57. The number of carbonyl (C=O) groups excluding carboxylic acids is 2. The molecule has 0 aromatic heterocycles. The molecule has 1 aliphatic rings. The van der Waals surface area contributed by atoms with Crippen LogP contribution in [0.2, 0.25) is 0 Å². The molecule has 0 aromatic rings. The molecule has 0 heterocycles. The molecule has 0 spiro atoms. The van der Waals surface area contributed by atoms with Crippen molar-refractivity contribution in [2.24, 2.45) is 11.5 Å². The highest BCUT2D eigenvalue weighted by Crippen LogP contribution is 2.29. The number of primary amides is 1. The highest BCUT2D eigenvalue weighted by molar-refractivity contribution is 5.84. The van der Waals surface area contributed by atoms with E-state index in [1.807, 2.05) is 0 Å². The number of amides is 2. The summed E-state index contributed by atoms with van der Waals surface area (Å²) in [4.78, 5) is 21.7. The molecular formula is C9H17N3O2. The van der Waals surface area contributed by atoms with Crippen molar-refractivity contribution < 1.29 is 9.59 Å². The Balaban J connectivity index is 2.29. The maximum Gasteiger partial charge on any atom is 0.236 e. The van der Waals surface area contributed by atoms with Crippen molar-refractivity contribution in [3.8, 4) is 0 Å². The third kappa shape index (κ3) is 3.33. The Kier molecular flexibility index (Phi) is 3.46. The predicted octanol–water partition coefficient (Wildman–Crippen LogP) is -0.750. The molecule has 0 aromatic carbocycles. The van der Waals surface area contributed by atoms with Gasteiger partial charge in [0.25, 0.3) is 0 Å². The van der Waals surface area contributed by atoms with Crippen molar-refractivity contribution in [2.75, 3.05) is 6.54 Å². The molecule has 5 nitrogen and oxygen atoms in total. The van der Waals surface area contributed by atoms with Gasteiger partial charge in [-0.3, -0.25) is 9.59 Å². The average molecular weight is 199 g/mol. The fourth-order valence-corrected chi connectivity index (χ4v) is 1.82. The maximum absolute atomic E-state index is 11.3. The molecule has 2 amide bonds. The van der Waals surface area contributed by atoms with Gasteiger partial charge in [0.1, 0.15) is 0 Å². The lowest BCUT2D eigenvalue weighted by Crippen LogP contribution is -2.43. The molecule has 0 radical (unpaired) electrons. The zero-order valence-electron chi connectivity index (χ0n) is 8.21. The standard InChI is InChI=1S/C9H17N3O2/c10-7(13)6-12-8(14)5-9(11)3-1-2-4-9/h1-6,11H2,(H2,10,13)(H,12,14). The van der Waals surface area contributed by atoms with Gasteiger partial charge in [-0.25, -0.2) is 0 Å². The zero-order valence-corrected chi connectivity index (χ0v) is 8.21. The number of hydrogen-bond acceptors (Lipinski definition) is 3. The van der Waals surface area contributed by atoms with Gasteiger partial charge in [-0.05, 0) is 12.8 Å². The number of carbonyl (C=O) groups is 2. The molecule has 5 heteroatoms. The van der Waals surface area contributed by atoms with Crippen LogP contribution < -0.4 is 16.8 Å². The molecule has 80 valence electrons. The molecule has 0 atom stereocenters. The Morgan fingerprint density at radius 1 is 1.29 bits per heavy atom. The Morgan fingerprint density at radius 3 is 2.36 bits per heavy atom. The number of nitrogens with one attached hydrogen (secondary N) is 1.